The molecule has 2 aromatic rings. The van der Waals surface area contributed by atoms with E-state index < -0.39 is 0 Å². The van der Waals surface area contributed by atoms with Gasteiger partial charge in [-0.05, 0) is 13.0 Å². The van der Waals surface area contributed by atoms with Crippen molar-refractivity contribution in [2.45, 2.75) is 6.92 Å². The Bertz CT molecular complexity index is 538. The van der Waals surface area contributed by atoms with E-state index in [1.165, 1.54) is 0 Å². The quantitative estimate of drug-likeness (QED) is 0.783. The number of hydrogen-bond acceptors (Lipinski definition) is 4. The fourth-order valence-electron chi connectivity index (χ4n) is 1.51. The summed E-state index contributed by atoms with van der Waals surface area (Å²) in [5.74, 6) is -0.118. The van der Waals surface area contributed by atoms with Crippen molar-refractivity contribution >= 4 is 22.8 Å². The molecule has 5 nitrogen and oxygen atoms in total. The van der Waals surface area contributed by atoms with E-state index in [9.17, 15) is 4.79 Å². The molecule has 0 fully saturated rings. The third-order valence-corrected chi connectivity index (χ3v) is 2.17. The summed E-state index contributed by atoms with van der Waals surface area (Å²) in [7, 11) is 0. The normalized spacial score (nSPS) is 10.3. The predicted molar refractivity (Wildman–Crippen MR) is 62.0 cm³/mol. The summed E-state index contributed by atoms with van der Waals surface area (Å²) in [6.07, 6.45) is 0. The van der Waals surface area contributed by atoms with Crippen molar-refractivity contribution in [1.82, 2.24) is 15.3 Å². The van der Waals surface area contributed by atoms with Crippen molar-refractivity contribution in [3.8, 4) is 0 Å². The molecule has 0 unspecified atom stereocenters. The zero-order valence-electron chi connectivity index (χ0n) is 8.90. The molecule has 1 aromatic carbocycles. The number of rotatable bonds is 2. The summed E-state index contributed by atoms with van der Waals surface area (Å²) in [5.41, 5.74) is 6.56. The second kappa shape index (κ2) is 4.14. The lowest BCUT2D eigenvalue weighted by Crippen LogP contribution is -2.24. The maximum atomic E-state index is 11.8. The lowest BCUT2D eigenvalue weighted by atomic mass is 10.2. The zero-order chi connectivity index (χ0) is 11.5. The molecule has 1 aromatic heterocycles. The standard InChI is InChI=1S/C11H12N4O/c1-2-13-10(16)9-7-5-3-4-6-8(7)14-11(12)15-9/h3-6H,2H2,1H3,(H,13,16)(H2,12,14,15). The SMILES string of the molecule is CCNC(=O)c1nc(N)nc2ccccc12. The molecule has 0 saturated carbocycles. The number of anilines is 1. The fraction of sp³-hybridized carbons (Fsp3) is 0.182. The third kappa shape index (κ3) is 1.79. The van der Waals surface area contributed by atoms with Crippen LogP contribution in [0.1, 0.15) is 17.4 Å². The van der Waals surface area contributed by atoms with Gasteiger partial charge in [0, 0.05) is 11.9 Å². The Morgan fingerprint density at radius 1 is 1.38 bits per heavy atom. The fourth-order valence-corrected chi connectivity index (χ4v) is 1.51. The number of nitrogens with zero attached hydrogens (tertiary/aromatic N) is 2. The van der Waals surface area contributed by atoms with Crippen LogP contribution in [-0.4, -0.2) is 22.4 Å². The van der Waals surface area contributed by atoms with E-state index in [1.54, 1.807) is 12.1 Å². The van der Waals surface area contributed by atoms with Gasteiger partial charge in [0.15, 0.2) is 0 Å². The second-order valence-electron chi connectivity index (χ2n) is 3.31. The molecule has 1 heterocycles. The Kier molecular flexibility index (Phi) is 2.68. The van der Waals surface area contributed by atoms with Gasteiger partial charge < -0.3 is 11.1 Å². The maximum Gasteiger partial charge on any atom is 0.270 e. The van der Waals surface area contributed by atoms with Gasteiger partial charge in [-0.1, -0.05) is 18.2 Å². The van der Waals surface area contributed by atoms with Crippen LogP contribution in [0.15, 0.2) is 24.3 Å². The van der Waals surface area contributed by atoms with Crippen molar-refractivity contribution in [2.24, 2.45) is 0 Å². The molecule has 0 radical (unpaired) electrons. The topological polar surface area (TPSA) is 80.9 Å². The summed E-state index contributed by atoms with van der Waals surface area (Å²) in [4.78, 5) is 19.8. The average molecular weight is 216 g/mol. The lowest BCUT2D eigenvalue weighted by Gasteiger charge is -2.05. The van der Waals surface area contributed by atoms with Crippen LogP contribution in [0.5, 0.6) is 0 Å². The molecule has 3 N–H and O–H groups in total. The van der Waals surface area contributed by atoms with E-state index in [2.05, 4.69) is 15.3 Å². The molecule has 0 atom stereocenters. The number of benzene rings is 1. The maximum absolute atomic E-state index is 11.8. The van der Waals surface area contributed by atoms with Gasteiger partial charge in [0.25, 0.3) is 5.91 Å². The number of nitrogens with one attached hydrogen (secondary N) is 1. The Labute approximate surface area is 92.7 Å². The molecule has 0 aliphatic heterocycles. The van der Waals surface area contributed by atoms with Crippen LogP contribution in [-0.2, 0) is 0 Å². The van der Waals surface area contributed by atoms with Crippen LogP contribution in [0.4, 0.5) is 5.95 Å². The number of nitrogens with two attached hydrogens (primary N) is 1. The zero-order valence-corrected chi connectivity index (χ0v) is 8.90. The van der Waals surface area contributed by atoms with E-state index in [0.717, 1.165) is 0 Å². The Balaban J connectivity index is 2.63. The number of fused-ring (bicyclic) bond motifs is 1. The largest absolute Gasteiger partial charge is 0.368 e. The summed E-state index contributed by atoms with van der Waals surface area (Å²) in [5, 5.41) is 3.41. The molecule has 0 saturated heterocycles. The molecule has 16 heavy (non-hydrogen) atoms. The molecule has 82 valence electrons. The first kappa shape index (κ1) is 10.4. The molecule has 0 spiro atoms. The number of hydrogen-bond donors (Lipinski definition) is 2. The summed E-state index contributed by atoms with van der Waals surface area (Å²) in [6, 6.07) is 7.29. The van der Waals surface area contributed by atoms with Crippen LogP contribution < -0.4 is 11.1 Å². The van der Waals surface area contributed by atoms with Gasteiger partial charge in [-0.2, -0.15) is 0 Å². The van der Waals surface area contributed by atoms with Crippen molar-refractivity contribution < 1.29 is 4.79 Å². The van der Waals surface area contributed by atoms with Gasteiger partial charge in [0.1, 0.15) is 5.69 Å². The summed E-state index contributed by atoms with van der Waals surface area (Å²) >= 11 is 0. The van der Waals surface area contributed by atoms with Gasteiger partial charge in [-0.25, -0.2) is 9.97 Å². The molecule has 0 bridgehead atoms. The van der Waals surface area contributed by atoms with Crippen LogP contribution in [0.25, 0.3) is 10.9 Å². The summed E-state index contributed by atoms with van der Waals surface area (Å²) in [6.45, 7) is 2.40. The second-order valence-corrected chi connectivity index (χ2v) is 3.31. The lowest BCUT2D eigenvalue weighted by molar-refractivity contribution is 0.0952. The summed E-state index contributed by atoms with van der Waals surface area (Å²) < 4.78 is 0. The van der Waals surface area contributed by atoms with Gasteiger partial charge in [-0.15, -0.1) is 0 Å². The molecular formula is C11H12N4O. The minimum atomic E-state index is -0.229. The first-order valence-electron chi connectivity index (χ1n) is 5.03. The minimum Gasteiger partial charge on any atom is -0.368 e. The number of carbonyl (C=O) groups excluding carboxylic acids is 1. The molecule has 1 amide bonds. The van der Waals surface area contributed by atoms with Crippen molar-refractivity contribution in [1.29, 1.82) is 0 Å². The predicted octanol–water partition coefficient (Wildman–Crippen LogP) is 0.962. The highest BCUT2D eigenvalue weighted by Gasteiger charge is 2.12. The molecule has 0 aliphatic rings. The van der Waals surface area contributed by atoms with Crippen molar-refractivity contribution in [2.75, 3.05) is 12.3 Å². The molecule has 5 heteroatoms. The van der Waals surface area contributed by atoms with E-state index >= 15 is 0 Å². The Hall–Kier alpha value is -2.17. The van der Waals surface area contributed by atoms with Gasteiger partial charge in [0.2, 0.25) is 5.95 Å². The number of aromatic nitrogens is 2. The smallest absolute Gasteiger partial charge is 0.270 e. The Morgan fingerprint density at radius 2 is 2.12 bits per heavy atom. The molecule has 0 aliphatic carbocycles. The average Bonchev–Trinajstić information content (AvgIpc) is 2.28. The first-order valence-corrected chi connectivity index (χ1v) is 5.03. The molecule has 2 rings (SSSR count). The first-order chi connectivity index (χ1) is 7.72. The van der Waals surface area contributed by atoms with E-state index in [-0.39, 0.29) is 11.9 Å². The van der Waals surface area contributed by atoms with E-state index in [4.69, 9.17) is 5.73 Å². The highest BCUT2D eigenvalue weighted by molar-refractivity contribution is 6.04. The highest BCUT2D eigenvalue weighted by atomic mass is 16.1. The Morgan fingerprint density at radius 3 is 2.88 bits per heavy atom. The number of carbonyl (C=O) groups is 1. The number of nitrogen functional groups attached to an aromatic ring is 1. The number of para-hydroxylation sites is 1. The van der Waals surface area contributed by atoms with E-state index in [1.807, 2.05) is 19.1 Å². The van der Waals surface area contributed by atoms with E-state index in [0.29, 0.717) is 23.1 Å². The van der Waals surface area contributed by atoms with Crippen molar-refractivity contribution in [3.63, 3.8) is 0 Å². The minimum absolute atomic E-state index is 0.111. The monoisotopic (exact) mass is 216 g/mol. The highest BCUT2D eigenvalue weighted by Crippen LogP contribution is 2.16. The van der Waals surface area contributed by atoms with Crippen molar-refractivity contribution in [3.05, 3.63) is 30.0 Å². The van der Waals surface area contributed by atoms with Gasteiger partial charge >= 0.3 is 0 Å². The van der Waals surface area contributed by atoms with Gasteiger partial charge in [0.05, 0.1) is 5.52 Å². The molecular weight excluding hydrogens is 204 g/mol. The van der Waals surface area contributed by atoms with Crippen LogP contribution in [0.3, 0.4) is 0 Å². The van der Waals surface area contributed by atoms with Gasteiger partial charge in [-0.3, -0.25) is 4.79 Å². The number of amides is 1. The third-order valence-electron chi connectivity index (χ3n) is 2.17. The van der Waals surface area contributed by atoms with Crippen LogP contribution in [0.2, 0.25) is 0 Å². The van der Waals surface area contributed by atoms with Crippen LogP contribution in [0, 0.1) is 0 Å². The van der Waals surface area contributed by atoms with Crippen LogP contribution >= 0.6 is 0 Å².